The van der Waals surface area contributed by atoms with Crippen molar-refractivity contribution in [1.29, 1.82) is 0 Å². The summed E-state index contributed by atoms with van der Waals surface area (Å²) in [6.45, 7) is 6.30. The number of nitrogens with one attached hydrogen (secondary N) is 1. The zero-order valence-corrected chi connectivity index (χ0v) is 11.9. The van der Waals surface area contributed by atoms with Gasteiger partial charge in [-0.2, -0.15) is 5.10 Å². The Bertz CT molecular complexity index is 534. The Balaban J connectivity index is 2.14. The Labute approximate surface area is 114 Å². The summed E-state index contributed by atoms with van der Waals surface area (Å²) in [6.07, 6.45) is 3.66. The van der Waals surface area contributed by atoms with Crippen LogP contribution in [0.25, 0.3) is 0 Å². The van der Waals surface area contributed by atoms with Crippen molar-refractivity contribution in [3.63, 3.8) is 0 Å². The number of aromatic nitrogens is 2. The molecular formula is C15H21N3O. The third-order valence-corrected chi connectivity index (χ3v) is 3.13. The van der Waals surface area contributed by atoms with Crippen molar-refractivity contribution < 1.29 is 4.74 Å². The van der Waals surface area contributed by atoms with Gasteiger partial charge in [0.1, 0.15) is 5.75 Å². The van der Waals surface area contributed by atoms with Crippen LogP contribution in [0.5, 0.6) is 11.5 Å². The molecule has 1 atom stereocenters. The minimum absolute atomic E-state index is 0.307. The Morgan fingerprint density at radius 2 is 2.00 bits per heavy atom. The summed E-state index contributed by atoms with van der Waals surface area (Å²) < 4.78 is 7.72. The average molecular weight is 259 g/mol. The van der Waals surface area contributed by atoms with Crippen LogP contribution in [0.3, 0.4) is 0 Å². The maximum Gasteiger partial charge on any atom is 0.165 e. The van der Waals surface area contributed by atoms with Gasteiger partial charge in [-0.15, -0.1) is 0 Å². The summed E-state index contributed by atoms with van der Waals surface area (Å²) in [4.78, 5) is 0. The summed E-state index contributed by atoms with van der Waals surface area (Å²) >= 11 is 0. The second-order valence-electron chi connectivity index (χ2n) is 4.93. The first-order valence-electron chi connectivity index (χ1n) is 6.59. The van der Waals surface area contributed by atoms with Crippen LogP contribution in [-0.4, -0.2) is 16.8 Å². The fourth-order valence-electron chi connectivity index (χ4n) is 1.81. The molecule has 4 heteroatoms. The molecule has 1 aromatic carbocycles. The summed E-state index contributed by atoms with van der Waals surface area (Å²) in [7, 11) is 1.95. The van der Waals surface area contributed by atoms with Crippen molar-refractivity contribution in [1.82, 2.24) is 15.1 Å². The highest BCUT2D eigenvalue weighted by atomic mass is 16.5. The summed E-state index contributed by atoms with van der Waals surface area (Å²) in [5, 5.41) is 7.48. The molecule has 0 spiro atoms. The Morgan fingerprint density at radius 1 is 1.21 bits per heavy atom. The maximum atomic E-state index is 5.83. The molecule has 0 saturated carbocycles. The second-order valence-corrected chi connectivity index (χ2v) is 4.93. The van der Waals surface area contributed by atoms with Crippen LogP contribution in [0, 0.1) is 0 Å². The number of ether oxygens (including phenoxy) is 1. The average Bonchev–Trinajstić information content (AvgIpc) is 2.87. The molecule has 0 aliphatic heterocycles. The molecule has 4 nitrogen and oxygen atoms in total. The predicted octanol–water partition coefficient (Wildman–Crippen LogP) is 3.54. The van der Waals surface area contributed by atoms with Crippen LogP contribution >= 0.6 is 0 Å². The molecule has 0 bridgehead atoms. The van der Waals surface area contributed by atoms with Crippen LogP contribution in [0.4, 0.5) is 0 Å². The van der Waals surface area contributed by atoms with Crippen LogP contribution in [0.1, 0.15) is 38.4 Å². The van der Waals surface area contributed by atoms with Gasteiger partial charge < -0.3 is 10.1 Å². The van der Waals surface area contributed by atoms with Crippen molar-refractivity contribution in [2.75, 3.05) is 7.05 Å². The van der Waals surface area contributed by atoms with E-state index in [-0.39, 0.29) is 0 Å². The number of hydrogen-bond donors (Lipinski definition) is 1. The lowest BCUT2D eigenvalue weighted by atomic mass is 10.1. The SMILES string of the molecule is CNC(C)c1cccc(Oc2cnn(C(C)C)c2)c1. The molecule has 1 N–H and O–H groups in total. The quantitative estimate of drug-likeness (QED) is 0.892. The van der Waals surface area contributed by atoms with Gasteiger partial charge in [-0.1, -0.05) is 12.1 Å². The molecule has 1 aromatic heterocycles. The molecule has 0 amide bonds. The van der Waals surface area contributed by atoms with E-state index >= 15 is 0 Å². The fourth-order valence-corrected chi connectivity index (χ4v) is 1.81. The highest BCUT2D eigenvalue weighted by Gasteiger charge is 2.06. The standard InChI is InChI=1S/C15H21N3O/c1-11(2)18-10-15(9-17-18)19-14-7-5-6-13(8-14)12(3)16-4/h5-12,16H,1-4H3. The van der Waals surface area contributed by atoms with E-state index in [1.165, 1.54) is 5.56 Å². The first-order valence-corrected chi connectivity index (χ1v) is 6.59. The zero-order chi connectivity index (χ0) is 13.8. The summed E-state index contributed by atoms with van der Waals surface area (Å²) in [5.74, 6) is 1.60. The van der Waals surface area contributed by atoms with E-state index in [0.29, 0.717) is 12.1 Å². The summed E-state index contributed by atoms with van der Waals surface area (Å²) in [6, 6.07) is 8.75. The van der Waals surface area contributed by atoms with E-state index in [0.717, 1.165) is 11.5 Å². The number of nitrogens with zero attached hydrogens (tertiary/aromatic N) is 2. The first kappa shape index (κ1) is 13.6. The Morgan fingerprint density at radius 3 is 2.63 bits per heavy atom. The van der Waals surface area contributed by atoms with Crippen molar-refractivity contribution in [3.05, 3.63) is 42.2 Å². The van der Waals surface area contributed by atoms with Gasteiger partial charge in [-0.3, -0.25) is 4.68 Å². The number of benzene rings is 1. The van der Waals surface area contributed by atoms with E-state index in [9.17, 15) is 0 Å². The highest BCUT2D eigenvalue weighted by Crippen LogP contribution is 2.24. The molecule has 0 saturated heterocycles. The van der Waals surface area contributed by atoms with E-state index < -0.39 is 0 Å². The van der Waals surface area contributed by atoms with Crippen molar-refractivity contribution >= 4 is 0 Å². The van der Waals surface area contributed by atoms with Gasteiger partial charge in [0.05, 0.1) is 12.4 Å². The van der Waals surface area contributed by atoms with Gasteiger partial charge in [-0.25, -0.2) is 0 Å². The number of rotatable bonds is 5. The smallest absolute Gasteiger partial charge is 0.165 e. The normalized spacial score (nSPS) is 12.7. The van der Waals surface area contributed by atoms with Crippen molar-refractivity contribution in [3.8, 4) is 11.5 Å². The van der Waals surface area contributed by atoms with Gasteiger partial charge in [0.2, 0.25) is 0 Å². The van der Waals surface area contributed by atoms with E-state index in [1.807, 2.05) is 36.1 Å². The lowest BCUT2D eigenvalue weighted by molar-refractivity contribution is 0.475. The molecule has 1 heterocycles. The van der Waals surface area contributed by atoms with Crippen LogP contribution in [-0.2, 0) is 0 Å². The molecule has 0 radical (unpaired) electrons. The molecule has 0 fully saturated rings. The van der Waals surface area contributed by atoms with Crippen molar-refractivity contribution in [2.24, 2.45) is 0 Å². The Kier molecular flexibility index (Phi) is 4.22. The molecule has 1 unspecified atom stereocenters. The van der Waals surface area contributed by atoms with Crippen LogP contribution < -0.4 is 10.1 Å². The van der Waals surface area contributed by atoms with E-state index in [2.05, 4.69) is 37.3 Å². The highest BCUT2D eigenvalue weighted by molar-refractivity contribution is 5.33. The summed E-state index contributed by atoms with van der Waals surface area (Å²) in [5.41, 5.74) is 1.20. The lowest BCUT2D eigenvalue weighted by Crippen LogP contribution is -2.11. The van der Waals surface area contributed by atoms with Gasteiger partial charge in [0, 0.05) is 12.1 Å². The van der Waals surface area contributed by atoms with Gasteiger partial charge in [-0.05, 0) is 45.5 Å². The molecule has 19 heavy (non-hydrogen) atoms. The molecule has 0 aliphatic rings. The Hall–Kier alpha value is -1.81. The molecular weight excluding hydrogens is 238 g/mol. The van der Waals surface area contributed by atoms with Crippen molar-refractivity contribution in [2.45, 2.75) is 32.9 Å². The first-order chi connectivity index (χ1) is 9.10. The molecule has 102 valence electrons. The third kappa shape index (κ3) is 3.35. The van der Waals surface area contributed by atoms with Gasteiger partial charge in [0.15, 0.2) is 5.75 Å². The molecule has 2 rings (SSSR count). The largest absolute Gasteiger partial charge is 0.454 e. The van der Waals surface area contributed by atoms with E-state index in [4.69, 9.17) is 4.74 Å². The second kappa shape index (κ2) is 5.89. The third-order valence-electron chi connectivity index (χ3n) is 3.13. The molecule has 0 aliphatic carbocycles. The maximum absolute atomic E-state index is 5.83. The van der Waals surface area contributed by atoms with Gasteiger partial charge in [0.25, 0.3) is 0 Å². The topological polar surface area (TPSA) is 39.1 Å². The van der Waals surface area contributed by atoms with E-state index in [1.54, 1.807) is 6.20 Å². The zero-order valence-electron chi connectivity index (χ0n) is 11.9. The number of hydrogen-bond acceptors (Lipinski definition) is 3. The van der Waals surface area contributed by atoms with Crippen LogP contribution in [0.15, 0.2) is 36.7 Å². The fraction of sp³-hybridized carbons (Fsp3) is 0.400. The minimum atomic E-state index is 0.307. The molecule has 2 aromatic rings. The van der Waals surface area contributed by atoms with Gasteiger partial charge >= 0.3 is 0 Å². The lowest BCUT2D eigenvalue weighted by Gasteiger charge is -2.12. The minimum Gasteiger partial charge on any atom is -0.454 e. The monoisotopic (exact) mass is 259 g/mol. The van der Waals surface area contributed by atoms with Crippen LogP contribution in [0.2, 0.25) is 0 Å². The predicted molar refractivity (Wildman–Crippen MR) is 76.6 cm³/mol.